The van der Waals surface area contributed by atoms with E-state index in [2.05, 4.69) is 39.0 Å². The molecule has 1 rings (SSSR count). The molecule has 0 radical (unpaired) electrons. The summed E-state index contributed by atoms with van der Waals surface area (Å²) < 4.78 is 1.83. The molecule has 0 aliphatic carbocycles. The first kappa shape index (κ1) is 13.2. The molecule has 2 heteroatoms. The monoisotopic (exact) mass is 228 g/mol. The Bertz CT molecular complexity index is 454. The molecule has 0 atom stereocenters. The smallest absolute Gasteiger partial charge is 0.0682 e. The molecular formula is C15H20N2. The maximum absolute atomic E-state index is 4.55. The van der Waals surface area contributed by atoms with Gasteiger partial charge in [0.25, 0.3) is 0 Å². The van der Waals surface area contributed by atoms with Crippen molar-refractivity contribution in [2.45, 2.75) is 26.2 Å². The number of nitrogens with zero attached hydrogens (tertiary/aromatic N) is 2. The van der Waals surface area contributed by atoms with E-state index in [1.165, 1.54) is 0 Å². The standard InChI is InChI=1S/C15H20N2/c1-6-8-9-10-13(7-2)17-12-11-14(16-17)15(3,4)5/h6-12H,1-2H2,3-5H3/b9-8-,13-10+. The summed E-state index contributed by atoms with van der Waals surface area (Å²) in [5, 5.41) is 4.55. The van der Waals surface area contributed by atoms with Gasteiger partial charge in [0.15, 0.2) is 0 Å². The first-order valence-electron chi connectivity index (χ1n) is 5.67. The topological polar surface area (TPSA) is 17.8 Å². The minimum atomic E-state index is 0.0640. The minimum absolute atomic E-state index is 0.0640. The van der Waals surface area contributed by atoms with Gasteiger partial charge < -0.3 is 0 Å². The summed E-state index contributed by atoms with van der Waals surface area (Å²) in [6.07, 6.45) is 11.2. The van der Waals surface area contributed by atoms with Gasteiger partial charge in [0, 0.05) is 11.6 Å². The van der Waals surface area contributed by atoms with Crippen molar-refractivity contribution in [1.29, 1.82) is 0 Å². The second kappa shape index (κ2) is 5.48. The van der Waals surface area contributed by atoms with Gasteiger partial charge in [-0.3, -0.25) is 0 Å². The predicted molar refractivity (Wildman–Crippen MR) is 74.7 cm³/mol. The molecule has 0 bridgehead atoms. The molecule has 1 aromatic rings. The van der Waals surface area contributed by atoms with Gasteiger partial charge in [-0.25, -0.2) is 4.68 Å². The highest BCUT2D eigenvalue weighted by Gasteiger charge is 2.16. The van der Waals surface area contributed by atoms with E-state index in [1.807, 2.05) is 35.2 Å². The lowest BCUT2D eigenvalue weighted by atomic mass is 9.93. The molecular weight excluding hydrogens is 208 g/mol. The second-order valence-corrected chi connectivity index (χ2v) is 4.81. The number of aromatic nitrogens is 2. The van der Waals surface area contributed by atoms with E-state index in [1.54, 1.807) is 12.2 Å². The Labute approximate surface area is 104 Å². The average molecular weight is 228 g/mol. The van der Waals surface area contributed by atoms with Gasteiger partial charge in [-0.1, -0.05) is 52.2 Å². The first-order valence-corrected chi connectivity index (χ1v) is 5.67. The van der Waals surface area contributed by atoms with Crippen molar-refractivity contribution in [3.05, 3.63) is 61.5 Å². The van der Waals surface area contributed by atoms with Gasteiger partial charge in [-0.2, -0.15) is 5.10 Å². The van der Waals surface area contributed by atoms with Crippen LogP contribution in [0.4, 0.5) is 0 Å². The average Bonchev–Trinajstić information content (AvgIpc) is 2.73. The van der Waals surface area contributed by atoms with E-state index in [0.29, 0.717) is 0 Å². The van der Waals surface area contributed by atoms with Crippen LogP contribution in [-0.2, 0) is 5.41 Å². The van der Waals surface area contributed by atoms with Crippen LogP contribution in [0.2, 0.25) is 0 Å². The molecule has 2 nitrogen and oxygen atoms in total. The van der Waals surface area contributed by atoms with Crippen molar-refractivity contribution < 1.29 is 0 Å². The summed E-state index contributed by atoms with van der Waals surface area (Å²) in [4.78, 5) is 0. The molecule has 0 aliphatic heterocycles. The Balaban J connectivity index is 3.02. The summed E-state index contributed by atoms with van der Waals surface area (Å²) in [7, 11) is 0. The van der Waals surface area contributed by atoms with Crippen LogP contribution in [0.3, 0.4) is 0 Å². The zero-order chi connectivity index (χ0) is 12.9. The van der Waals surface area contributed by atoms with Crippen molar-refractivity contribution in [1.82, 2.24) is 9.78 Å². The highest BCUT2D eigenvalue weighted by atomic mass is 15.3. The fourth-order valence-corrected chi connectivity index (χ4v) is 1.34. The van der Waals surface area contributed by atoms with E-state index >= 15 is 0 Å². The highest BCUT2D eigenvalue weighted by molar-refractivity contribution is 5.57. The maximum atomic E-state index is 4.55. The largest absolute Gasteiger partial charge is 0.241 e. The van der Waals surface area contributed by atoms with E-state index in [-0.39, 0.29) is 5.41 Å². The van der Waals surface area contributed by atoms with Gasteiger partial charge in [-0.05, 0) is 18.2 Å². The molecule has 90 valence electrons. The Morgan fingerprint density at radius 3 is 2.47 bits per heavy atom. The number of rotatable bonds is 4. The first-order chi connectivity index (χ1) is 7.99. The van der Waals surface area contributed by atoms with Crippen LogP contribution in [0.5, 0.6) is 0 Å². The van der Waals surface area contributed by atoms with Crippen molar-refractivity contribution in [2.24, 2.45) is 0 Å². The van der Waals surface area contributed by atoms with Gasteiger partial charge >= 0.3 is 0 Å². The lowest BCUT2D eigenvalue weighted by Crippen LogP contribution is -2.12. The molecule has 0 spiro atoms. The summed E-state index contributed by atoms with van der Waals surface area (Å²) in [5.74, 6) is 0. The van der Waals surface area contributed by atoms with E-state index in [9.17, 15) is 0 Å². The van der Waals surface area contributed by atoms with Crippen LogP contribution in [0, 0.1) is 0 Å². The molecule has 0 saturated heterocycles. The predicted octanol–water partition coefficient (Wildman–Crippen LogP) is 3.95. The molecule has 0 aliphatic rings. The van der Waals surface area contributed by atoms with Crippen LogP contribution in [0.1, 0.15) is 26.5 Å². The fraction of sp³-hybridized carbons (Fsp3) is 0.267. The molecule has 1 heterocycles. The van der Waals surface area contributed by atoms with Crippen molar-refractivity contribution in [3.63, 3.8) is 0 Å². The Hall–Kier alpha value is -1.83. The van der Waals surface area contributed by atoms with Gasteiger partial charge in [0.1, 0.15) is 0 Å². The number of hydrogen-bond donors (Lipinski definition) is 0. The summed E-state index contributed by atoms with van der Waals surface area (Å²) in [6, 6.07) is 2.04. The summed E-state index contributed by atoms with van der Waals surface area (Å²) in [5.41, 5.74) is 2.07. The normalized spacial score (nSPS) is 13.0. The number of hydrogen-bond acceptors (Lipinski definition) is 1. The van der Waals surface area contributed by atoms with E-state index < -0.39 is 0 Å². The Morgan fingerprint density at radius 2 is 2.00 bits per heavy atom. The Kier molecular flexibility index (Phi) is 4.27. The minimum Gasteiger partial charge on any atom is -0.241 e. The second-order valence-electron chi connectivity index (χ2n) is 4.81. The van der Waals surface area contributed by atoms with Crippen molar-refractivity contribution in [3.8, 4) is 0 Å². The quantitative estimate of drug-likeness (QED) is 0.713. The third-order valence-corrected chi connectivity index (χ3v) is 2.35. The molecule has 17 heavy (non-hydrogen) atoms. The van der Waals surface area contributed by atoms with E-state index in [0.717, 1.165) is 11.4 Å². The lowest BCUT2D eigenvalue weighted by Gasteiger charge is -2.14. The van der Waals surface area contributed by atoms with Crippen molar-refractivity contribution >= 4 is 5.70 Å². The summed E-state index contributed by atoms with van der Waals surface area (Å²) >= 11 is 0. The third-order valence-electron chi connectivity index (χ3n) is 2.35. The molecule has 0 aromatic carbocycles. The lowest BCUT2D eigenvalue weighted by molar-refractivity contribution is 0.561. The van der Waals surface area contributed by atoms with E-state index in [4.69, 9.17) is 0 Å². The van der Waals surface area contributed by atoms with Crippen LogP contribution >= 0.6 is 0 Å². The zero-order valence-corrected chi connectivity index (χ0v) is 10.9. The maximum Gasteiger partial charge on any atom is 0.0682 e. The molecule has 0 fully saturated rings. The Morgan fingerprint density at radius 1 is 1.29 bits per heavy atom. The fourth-order valence-electron chi connectivity index (χ4n) is 1.34. The molecule has 1 aromatic heterocycles. The van der Waals surface area contributed by atoms with Crippen LogP contribution in [0.25, 0.3) is 5.70 Å². The molecule has 0 saturated carbocycles. The molecule has 0 unspecified atom stereocenters. The van der Waals surface area contributed by atoms with Crippen LogP contribution in [0.15, 0.2) is 55.8 Å². The molecule has 0 amide bonds. The summed E-state index contributed by atoms with van der Waals surface area (Å²) in [6.45, 7) is 13.9. The zero-order valence-electron chi connectivity index (χ0n) is 10.9. The van der Waals surface area contributed by atoms with Gasteiger partial charge in [0.05, 0.1) is 11.4 Å². The SMILES string of the molecule is C=C/C=C\C=C(/C=C)n1ccc(C(C)(C)C)n1. The third kappa shape index (κ3) is 3.59. The van der Waals surface area contributed by atoms with Gasteiger partial charge in [0.2, 0.25) is 0 Å². The van der Waals surface area contributed by atoms with Gasteiger partial charge in [-0.15, -0.1) is 0 Å². The number of allylic oxidation sites excluding steroid dienone is 6. The molecule has 0 N–H and O–H groups in total. The van der Waals surface area contributed by atoms with Crippen LogP contribution in [-0.4, -0.2) is 9.78 Å². The van der Waals surface area contributed by atoms with Crippen LogP contribution < -0.4 is 0 Å². The highest BCUT2D eigenvalue weighted by Crippen LogP contribution is 2.20. The van der Waals surface area contributed by atoms with Crippen molar-refractivity contribution in [2.75, 3.05) is 0 Å².